The third-order valence-electron chi connectivity index (χ3n) is 3.59. The van der Waals surface area contributed by atoms with E-state index >= 15 is 0 Å². The lowest BCUT2D eigenvalue weighted by Gasteiger charge is -2.11. The van der Waals surface area contributed by atoms with Crippen LogP contribution in [-0.2, 0) is 13.2 Å². The summed E-state index contributed by atoms with van der Waals surface area (Å²) in [4.78, 5) is 12.2. The third kappa shape index (κ3) is 4.68. The van der Waals surface area contributed by atoms with E-state index in [-0.39, 0.29) is 6.61 Å². The highest BCUT2D eigenvalue weighted by atomic mass is 16.5. The first-order valence-corrected chi connectivity index (χ1v) is 7.93. The third-order valence-corrected chi connectivity index (χ3v) is 3.59. The predicted octanol–water partition coefficient (Wildman–Crippen LogP) is 3.98. The van der Waals surface area contributed by atoms with Crippen LogP contribution >= 0.6 is 0 Å². The number of benzene rings is 3. The highest BCUT2D eigenvalue weighted by Gasteiger charge is 2.10. The zero-order valence-corrected chi connectivity index (χ0v) is 13.6. The fourth-order valence-electron chi connectivity index (χ4n) is 2.35. The average Bonchev–Trinajstić information content (AvgIpc) is 2.67. The molecule has 0 aliphatic heterocycles. The standard InChI is InChI=1S/C21H18O4/c22-14-17-11-19(24-15-16-7-3-1-4-8-16)13-20(12-17)25-21(23)18-9-5-2-6-10-18/h1-13,22H,14-15H2. The van der Waals surface area contributed by atoms with Crippen LogP contribution in [0, 0.1) is 0 Å². The quantitative estimate of drug-likeness (QED) is 0.547. The van der Waals surface area contributed by atoms with E-state index in [2.05, 4.69) is 0 Å². The summed E-state index contributed by atoms with van der Waals surface area (Å²) in [5, 5.41) is 9.43. The SMILES string of the molecule is O=C(Oc1cc(CO)cc(OCc2ccccc2)c1)c1ccccc1. The Kier molecular flexibility index (Phi) is 5.44. The fraction of sp³-hybridized carbons (Fsp3) is 0.0952. The van der Waals surface area contributed by atoms with Gasteiger partial charge in [-0.2, -0.15) is 0 Å². The van der Waals surface area contributed by atoms with Gasteiger partial charge in [-0.1, -0.05) is 48.5 Å². The Morgan fingerprint density at radius 2 is 1.44 bits per heavy atom. The van der Waals surface area contributed by atoms with E-state index < -0.39 is 5.97 Å². The number of aliphatic hydroxyl groups excluding tert-OH is 1. The Hall–Kier alpha value is -3.11. The first kappa shape index (κ1) is 16.7. The van der Waals surface area contributed by atoms with Crippen molar-refractivity contribution in [3.8, 4) is 11.5 Å². The van der Waals surface area contributed by atoms with Crippen LogP contribution in [0.2, 0.25) is 0 Å². The van der Waals surface area contributed by atoms with Crippen molar-refractivity contribution in [1.82, 2.24) is 0 Å². The van der Waals surface area contributed by atoms with E-state index in [0.29, 0.717) is 29.2 Å². The maximum absolute atomic E-state index is 12.2. The smallest absolute Gasteiger partial charge is 0.343 e. The zero-order chi connectivity index (χ0) is 17.5. The molecule has 0 fully saturated rings. The molecule has 126 valence electrons. The minimum Gasteiger partial charge on any atom is -0.489 e. The molecule has 0 amide bonds. The Morgan fingerprint density at radius 3 is 2.12 bits per heavy atom. The highest BCUT2D eigenvalue weighted by molar-refractivity contribution is 5.91. The van der Waals surface area contributed by atoms with Crippen LogP contribution in [0.4, 0.5) is 0 Å². The molecule has 0 atom stereocenters. The van der Waals surface area contributed by atoms with E-state index in [1.165, 1.54) is 0 Å². The first-order chi connectivity index (χ1) is 12.2. The number of aliphatic hydroxyl groups is 1. The van der Waals surface area contributed by atoms with Crippen LogP contribution in [-0.4, -0.2) is 11.1 Å². The molecule has 4 heteroatoms. The van der Waals surface area contributed by atoms with E-state index in [4.69, 9.17) is 9.47 Å². The van der Waals surface area contributed by atoms with Gasteiger partial charge in [-0.05, 0) is 35.4 Å². The second-order valence-corrected chi connectivity index (χ2v) is 5.50. The van der Waals surface area contributed by atoms with Gasteiger partial charge in [0.25, 0.3) is 0 Å². The van der Waals surface area contributed by atoms with Crippen LogP contribution in [0.1, 0.15) is 21.5 Å². The largest absolute Gasteiger partial charge is 0.489 e. The van der Waals surface area contributed by atoms with Crippen molar-refractivity contribution in [3.63, 3.8) is 0 Å². The molecule has 0 saturated heterocycles. The molecule has 0 saturated carbocycles. The molecule has 0 aliphatic carbocycles. The van der Waals surface area contributed by atoms with Crippen LogP contribution in [0.5, 0.6) is 11.5 Å². The van der Waals surface area contributed by atoms with Crippen molar-refractivity contribution >= 4 is 5.97 Å². The second-order valence-electron chi connectivity index (χ2n) is 5.50. The molecule has 3 aromatic carbocycles. The normalized spacial score (nSPS) is 10.3. The molecule has 4 nitrogen and oxygen atoms in total. The highest BCUT2D eigenvalue weighted by Crippen LogP contribution is 2.25. The second kappa shape index (κ2) is 8.13. The van der Waals surface area contributed by atoms with Gasteiger partial charge in [-0.15, -0.1) is 0 Å². The predicted molar refractivity (Wildman–Crippen MR) is 94.5 cm³/mol. The van der Waals surface area contributed by atoms with Crippen molar-refractivity contribution < 1.29 is 19.4 Å². The molecule has 3 aromatic rings. The van der Waals surface area contributed by atoms with Gasteiger partial charge in [0.05, 0.1) is 12.2 Å². The van der Waals surface area contributed by atoms with Crippen molar-refractivity contribution in [2.24, 2.45) is 0 Å². The maximum Gasteiger partial charge on any atom is 0.343 e. The van der Waals surface area contributed by atoms with Crippen molar-refractivity contribution in [2.45, 2.75) is 13.2 Å². The lowest BCUT2D eigenvalue weighted by molar-refractivity contribution is 0.0734. The Balaban J connectivity index is 1.74. The Bertz CT molecular complexity index is 829. The minimum absolute atomic E-state index is 0.168. The van der Waals surface area contributed by atoms with E-state index in [0.717, 1.165) is 5.56 Å². The van der Waals surface area contributed by atoms with Gasteiger partial charge in [0.1, 0.15) is 18.1 Å². The van der Waals surface area contributed by atoms with Gasteiger partial charge < -0.3 is 14.6 Å². The number of carbonyl (C=O) groups is 1. The number of hydrogen-bond acceptors (Lipinski definition) is 4. The summed E-state index contributed by atoms with van der Waals surface area (Å²) in [6, 6.07) is 23.5. The molecular weight excluding hydrogens is 316 g/mol. The molecule has 0 aromatic heterocycles. The van der Waals surface area contributed by atoms with Crippen LogP contribution in [0.25, 0.3) is 0 Å². The fourth-order valence-corrected chi connectivity index (χ4v) is 2.35. The first-order valence-electron chi connectivity index (χ1n) is 7.93. The van der Waals surface area contributed by atoms with E-state index in [1.807, 2.05) is 36.4 Å². The summed E-state index contributed by atoms with van der Waals surface area (Å²) in [6.45, 7) is 0.222. The van der Waals surface area contributed by atoms with Gasteiger partial charge in [0.15, 0.2) is 0 Å². The Morgan fingerprint density at radius 1 is 0.800 bits per heavy atom. The van der Waals surface area contributed by atoms with Crippen LogP contribution < -0.4 is 9.47 Å². The summed E-state index contributed by atoms with van der Waals surface area (Å²) in [7, 11) is 0. The monoisotopic (exact) mass is 334 g/mol. The molecule has 0 heterocycles. The van der Waals surface area contributed by atoms with Crippen molar-refractivity contribution in [3.05, 3.63) is 95.6 Å². The van der Waals surface area contributed by atoms with Gasteiger partial charge in [0, 0.05) is 6.07 Å². The number of hydrogen-bond donors (Lipinski definition) is 1. The maximum atomic E-state index is 12.2. The molecule has 25 heavy (non-hydrogen) atoms. The van der Waals surface area contributed by atoms with Crippen molar-refractivity contribution in [2.75, 3.05) is 0 Å². The molecule has 0 aliphatic rings. The van der Waals surface area contributed by atoms with Gasteiger partial charge in [-0.25, -0.2) is 4.79 Å². The van der Waals surface area contributed by atoms with Gasteiger partial charge >= 0.3 is 5.97 Å². The average molecular weight is 334 g/mol. The van der Waals surface area contributed by atoms with Crippen LogP contribution in [0.3, 0.4) is 0 Å². The molecule has 0 radical (unpaired) electrons. The number of carbonyl (C=O) groups excluding carboxylic acids is 1. The molecule has 0 bridgehead atoms. The van der Waals surface area contributed by atoms with Crippen molar-refractivity contribution in [1.29, 1.82) is 0 Å². The zero-order valence-electron chi connectivity index (χ0n) is 13.6. The number of esters is 1. The van der Waals surface area contributed by atoms with Gasteiger partial charge in [-0.3, -0.25) is 0 Å². The van der Waals surface area contributed by atoms with E-state index in [1.54, 1.807) is 42.5 Å². The lowest BCUT2D eigenvalue weighted by Crippen LogP contribution is -2.08. The lowest BCUT2D eigenvalue weighted by atomic mass is 10.2. The molecular formula is C21H18O4. The summed E-state index contributed by atoms with van der Waals surface area (Å²) in [5.41, 5.74) is 2.10. The number of rotatable bonds is 6. The molecule has 0 unspecified atom stereocenters. The Labute approximate surface area is 146 Å². The number of ether oxygens (including phenoxy) is 2. The van der Waals surface area contributed by atoms with Gasteiger partial charge in [0.2, 0.25) is 0 Å². The van der Waals surface area contributed by atoms with Crippen LogP contribution in [0.15, 0.2) is 78.9 Å². The summed E-state index contributed by atoms with van der Waals surface area (Å²) in [6.07, 6.45) is 0. The molecule has 1 N–H and O–H groups in total. The summed E-state index contributed by atoms with van der Waals surface area (Å²) >= 11 is 0. The molecule has 0 spiro atoms. The summed E-state index contributed by atoms with van der Waals surface area (Å²) in [5.74, 6) is 0.416. The van der Waals surface area contributed by atoms with E-state index in [9.17, 15) is 9.90 Å². The minimum atomic E-state index is -0.454. The summed E-state index contributed by atoms with van der Waals surface area (Å²) < 4.78 is 11.2. The topological polar surface area (TPSA) is 55.8 Å². The molecule has 3 rings (SSSR count).